The molecular weight excluding hydrogens is 236 g/mol. The maximum atomic E-state index is 11.6. The predicted octanol–water partition coefficient (Wildman–Crippen LogP) is 0.760. The molecule has 18 heavy (non-hydrogen) atoms. The van der Waals surface area contributed by atoms with E-state index < -0.39 is 12.0 Å². The number of amides is 3. The molecular formula is C12H12N2O4. The van der Waals surface area contributed by atoms with Gasteiger partial charge < -0.3 is 10.4 Å². The second-order valence-electron chi connectivity index (χ2n) is 3.91. The number of hydrogen-bond acceptors (Lipinski definition) is 3. The molecule has 1 fully saturated rings. The number of carbonyl (C=O) groups is 3. The Hall–Kier alpha value is -2.37. The van der Waals surface area contributed by atoms with Crippen molar-refractivity contribution in [3.63, 3.8) is 0 Å². The number of aliphatic carboxylic acids is 1. The van der Waals surface area contributed by atoms with Gasteiger partial charge >= 0.3 is 12.0 Å². The van der Waals surface area contributed by atoms with E-state index in [4.69, 9.17) is 5.11 Å². The number of carboxylic acids is 1. The number of urea groups is 1. The Morgan fingerprint density at radius 2 is 2.06 bits per heavy atom. The van der Waals surface area contributed by atoms with Crippen molar-refractivity contribution in [2.45, 2.75) is 12.8 Å². The lowest BCUT2D eigenvalue weighted by Gasteiger charge is -2.16. The number of nitrogens with one attached hydrogen (secondary N) is 1. The summed E-state index contributed by atoms with van der Waals surface area (Å²) in [6, 6.07) is 6.34. The first-order valence-electron chi connectivity index (χ1n) is 5.50. The fourth-order valence-corrected chi connectivity index (χ4v) is 1.85. The molecule has 94 valence electrons. The Morgan fingerprint density at radius 1 is 1.33 bits per heavy atom. The van der Waals surface area contributed by atoms with Crippen molar-refractivity contribution in [2.24, 2.45) is 0 Å². The molecule has 1 aliphatic heterocycles. The first-order valence-corrected chi connectivity index (χ1v) is 5.50. The largest absolute Gasteiger partial charge is 0.481 e. The van der Waals surface area contributed by atoms with E-state index in [0.29, 0.717) is 11.3 Å². The second kappa shape index (κ2) is 4.87. The van der Waals surface area contributed by atoms with Crippen molar-refractivity contribution < 1.29 is 19.5 Å². The monoisotopic (exact) mass is 248 g/mol. The minimum atomic E-state index is -0.915. The van der Waals surface area contributed by atoms with Crippen molar-refractivity contribution in [1.29, 1.82) is 0 Å². The van der Waals surface area contributed by atoms with Crippen LogP contribution in [0.5, 0.6) is 0 Å². The molecule has 0 aromatic heterocycles. The third-order valence-corrected chi connectivity index (χ3v) is 2.68. The number of imide groups is 1. The van der Waals surface area contributed by atoms with E-state index in [1.54, 1.807) is 24.3 Å². The van der Waals surface area contributed by atoms with Crippen molar-refractivity contribution in [1.82, 2.24) is 5.32 Å². The number of rotatable bonds is 4. The normalized spacial score (nSPS) is 14.8. The SMILES string of the molecule is O=C(O)CCc1ccccc1N1C(=O)CNC1=O. The fraction of sp³-hybridized carbons (Fsp3) is 0.250. The van der Waals surface area contributed by atoms with Crippen LogP contribution in [0.4, 0.5) is 10.5 Å². The van der Waals surface area contributed by atoms with Crippen LogP contribution in [0.25, 0.3) is 0 Å². The molecule has 0 radical (unpaired) electrons. The van der Waals surface area contributed by atoms with Gasteiger partial charge in [0.1, 0.15) is 0 Å². The predicted molar refractivity (Wildman–Crippen MR) is 63.3 cm³/mol. The minimum absolute atomic E-state index is 0.0217. The Labute approximate surface area is 103 Å². The number of nitrogens with zero attached hydrogens (tertiary/aromatic N) is 1. The van der Waals surface area contributed by atoms with Crippen molar-refractivity contribution >= 4 is 23.6 Å². The lowest BCUT2D eigenvalue weighted by Crippen LogP contribution is -2.31. The van der Waals surface area contributed by atoms with Crippen LogP contribution < -0.4 is 10.2 Å². The summed E-state index contributed by atoms with van der Waals surface area (Å²) in [5.74, 6) is -1.25. The molecule has 1 aliphatic rings. The van der Waals surface area contributed by atoms with E-state index in [9.17, 15) is 14.4 Å². The summed E-state index contributed by atoms with van der Waals surface area (Å²) in [5.41, 5.74) is 1.13. The average Bonchev–Trinajstić information content (AvgIpc) is 2.67. The van der Waals surface area contributed by atoms with Gasteiger partial charge in [-0.15, -0.1) is 0 Å². The zero-order chi connectivity index (χ0) is 13.1. The van der Waals surface area contributed by atoms with Gasteiger partial charge in [-0.3, -0.25) is 9.59 Å². The van der Waals surface area contributed by atoms with E-state index in [0.717, 1.165) is 4.90 Å². The molecule has 2 N–H and O–H groups in total. The van der Waals surface area contributed by atoms with Crippen molar-refractivity contribution in [3.8, 4) is 0 Å². The maximum absolute atomic E-state index is 11.6. The van der Waals surface area contributed by atoms with Gasteiger partial charge in [0.2, 0.25) is 0 Å². The third-order valence-electron chi connectivity index (χ3n) is 2.68. The molecule has 0 spiro atoms. The van der Waals surface area contributed by atoms with Crippen molar-refractivity contribution in [3.05, 3.63) is 29.8 Å². The summed E-state index contributed by atoms with van der Waals surface area (Å²) < 4.78 is 0. The second-order valence-corrected chi connectivity index (χ2v) is 3.91. The number of carbonyl (C=O) groups excluding carboxylic acids is 2. The van der Waals surface area contributed by atoms with Crippen LogP contribution in [0.2, 0.25) is 0 Å². The van der Waals surface area contributed by atoms with Crippen LogP contribution in [0.1, 0.15) is 12.0 Å². The molecule has 0 aliphatic carbocycles. The Balaban J connectivity index is 2.29. The summed E-state index contributed by atoms with van der Waals surface area (Å²) in [5, 5.41) is 11.1. The highest BCUT2D eigenvalue weighted by Gasteiger charge is 2.31. The quantitative estimate of drug-likeness (QED) is 0.770. The number of hydrogen-bond donors (Lipinski definition) is 2. The minimum Gasteiger partial charge on any atom is -0.481 e. The number of benzene rings is 1. The number of para-hydroxylation sites is 1. The van der Waals surface area contributed by atoms with E-state index in [1.807, 2.05) is 0 Å². The molecule has 0 bridgehead atoms. The van der Waals surface area contributed by atoms with E-state index in [1.165, 1.54) is 0 Å². The highest BCUT2D eigenvalue weighted by atomic mass is 16.4. The first kappa shape index (κ1) is 12.1. The van der Waals surface area contributed by atoms with Crippen LogP contribution in [-0.4, -0.2) is 29.6 Å². The first-order chi connectivity index (χ1) is 8.59. The van der Waals surface area contributed by atoms with Gasteiger partial charge in [-0.1, -0.05) is 18.2 Å². The van der Waals surface area contributed by atoms with Crippen LogP contribution in [0.15, 0.2) is 24.3 Å². The molecule has 0 atom stereocenters. The van der Waals surface area contributed by atoms with Crippen LogP contribution in [-0.2, 0) is 16.0 Å². The summed E-state index contributed by atoms with van der Waals surface area (Å²) in [6.45, 7) is -0.0217. The van der Waals surface area contributed by atoms with Gasteiger partial charge in [0, 0.05) is 6.42 Å². The van der Waals surface area contributed by atoms with Crippen molar-refractivity contribution in [2.75, 3.05) is 11.4 Å². The molecule has 6 nitrogen and oxygen atoms in total. The van der Waals surface area contributed by atoms with Gasteiger partial charge in [-0.05, 0) is 18.1 Å². The smallest absolute Gasteiger partial charge is 0.329 e. The molecule has 6 heteroatoms. The third kappa shape index (κ3) is 2.32. The maximum Gasteiger partial charge on any atom is 0.329 e. The average molecular weight is 248 g/mol. The van der Waals surface area contributed by atoms with Crippen LogP contribution in [0.3, 0.4) is 0 Å². The topological polar surface area (TPSA) is 86.7 Å². The Kier molecular flexibility index (Phi) is 3.27. The van der Waals surface area contributed by atoms with Crippen LogP contribution >= 0.6 is 0 Å². The molecule has 0 unspecified atom stereocenters. The summed E-state index contributed by atoms with van der Waals surface area (Å²) in [7, 11) is 0. The van der Waals surface area contributed by atoms with E-state index in [-0.39, 0.29) is 25.3 Å². The molecule has 1 aromatic rings. The zero-order valence-corrected chi connectivity index (χ0v) is 9.55. The lowest BCUT2D eigenvalue weighted by atomic mass is 10.1. The fourth-order valence-electron chi connectivity index (χ4n) is 1.85. The van der Waals surface area contributed by atoms with Gasteiger partial charge in [-0.25, -0.2) is 9.69 Å². The molecule has 2 rings (SSSR count). The summed E-state index contributed by atoms with van der Waals surface area (Å²) >= 11 is 0. The van der Waals surface area contributed by atoms with E-state index in [2.05, 4.69) is 5.32 Å². The highest BCUT2D eigenvalue weighted by molar-refractivity contribution is 6.20. The Morgan fingerprint density at radius 3 is 2.67 bits per heavy atom. The summed E-state index contributed by atoms with van der Waals surface area (Å²) in [6.07, 6.45) is 0.239. The van der Waals surface area contributed by atoms with Gasteiger partial charge in [0.15, 0.2) is 0 Å². The van der Waals surface area contributed by atoms with Gasteiger partial charge in [0.25, 0.3) is 5.91 Å². The molecule has 0 saturated carbocycles. The summed E-state index contributed by atoms with van der Waals surface area (Å²) in [4.78, 5) is 34.8. The van der Waals surface area contributed by atoms with E-state index >= 15 is 0 Å². The zero-order valence-electron chi connectivity index (χ0n) is 9.55. The Bertz CT molecular complexity index is 497. The van der Waals surface area contributed by atoms with Gasteiger partial charge in [0.05, 0.1) is 12.2 Å². The molecule has 1 heterocycles. The standard InChI is InChI=1S/C12H12N2O4/c15-10-7-13-12(18)14(10)9-4-2-1-3-8(9)5-6-11(16)17/h1-4H,5-7H2,(H,13,18)(H,16,17). The molecule has 1 saturated heterocycles. The number of carboxylic acid groups (broad SMARTS) is 1. The lowest BCUT2D eigenvalue weighted by molar-refractivity contribution is -0.136. The number of anilines is 1. The molecule has 1 aromatic carbocycles. The highest BCUT2D eigenvalue weighted by Crippen LogP contribution is 2.23. The van der Waals surface area contributed by atoms with Crippen LogP contribution in [0, 0.1) is 0 Å². The number of aryl methyl sites for hydroxylation is 1. The molecule has 3 amide bonds. The van der Waals surface area contributed by atoms with Gasteiger partial charge in [-0.2, -0.15) is 0 Å².